The molecule has 0 unspecified atom stereocenters. The molecule has 256 valence electrons. The molecule has 48 heavy (non-hydrogen) atoms. The minimum absolute atomic E-state index is 0. The van der Waals surface area contributed by atoms with E-state index in [1.54, 1.807) is 48.5 Å². The van der Waals surface area contributed by atoms with E-state index in [0.29, 0.717) is 23.7 Å². The van der Waals surface area contributed by atoms with Gasteiger partial charge in [0.1, 0.15) is 0 Å². The number of carbonyl (C=O) groups is 2. The minimum atomic E-state index is 0. The van der Waals surface area contributed by atoms with Gasteiger partial charge in [-0.15, -0.1) is 0 Å². The monoisotopic (exact) mass is 757 g/mol. The van der Waals surface area contributed by atoms with Gasteiger partial charge in [0.25, 0.3) is 0 Å². The van der Waals surface area contributed by atoms with Gasteiger partial charge in [-0.3, -0.25) is 19.7 Å². The van der Waals surface area contributed by atoms with Gasteiger partial charge in [0.05, 0.1) is 24.1 Å². The second-order valence-corrected chi connectivity index (χ2v) is 9.15. The summed E-state index contributed by atoms with van der Waals surface area (Å²) >= 11 is 1.80. The van der Waals surface area contributed by atoms with Gasteiger partial charge in [-0.25, -0.2) is 0 Å². The Bertz CT molecular complexity index is 1220. The van der Waals surface area contributed by atoms with Crippen molar-refractivity contribution in [3.8, 4) is 0 Å². The Morgan fingerprint density at radius 2 is 0.958 bits per heavy atom. The molecule has 0 bridgehead atoms. The Hall–Kier alpha value is -0.450. The third-order valence-electron chi connectivity index (χ3n) is 4.48. The zero-order valence-corrected chi connectivity index (χ0v) is 35.0. The number of nitrogens with two attached hydrogens (primary N) is 2. The summed E-state index contributed by atoms with van der Waals surface area (Å²) in [5, 5.41) is 25.3. The maximum absolute atomic E-state index is 10.2. The van der Waals surface area contributed by atoms with E-state index in [4.69, 9.17) is 11.5 Å². The van der Waals surface area contributed by atoms with Crippen LogP contribution in [0, 0.1) is 13.8 Å². The summed E-state index contributed by atoms with van der Waals surface area (Å²) in [5.41, 5.74) is 15.4. The van der Waals surface area contributed by atoms with E-state index >= 15 is 0 Å². The topological polar surface area (TPSA) is 236 Å². The fourth-order valence-electron chi connectivity index (χ4n) is 2.66. The van der Waals surface area contributed by atoms with Crippen molar-refractivity contribution in [3.05, 3.63) is 119 Å². The first kappa shape index (κ1) is 65.9. The normalized spacial score (nSPS) is 7.92. The van der Waals surface area contributed by atoms with E-state index in [-0.39, 0.29) is 132 Å². The number of hydrogen-bond donors (Lipinski definition) is 3. The number of hydrogen-bond acceptors (Lipinski definition) is 13. The van der Waals surface area contributed by atoms with Gasteiger partial charge in [0.2, 0.25) is 0 Å². The zero-order valence-electron chi connectivity index (χ0n) is 27.3. The van der Waals surface area contributed by atoms with Crippen molar-refractivity contribution in [3.63, 3.8) is 0 Å². The summed E-state index contributed by atoms with van der Waals surface area (Å²) in [4.78, 5) is 22.2. The number of benzene rings is 4. The maximum Gasteiger partial charge on any atom is 1.00 e. The number of aryl methyl sites for hydroxylation is 2. The van der Waals surface area contributed by atoms with Crippen molar-refractivity contribution in [2.45, 2.75) is 38.5 Å². The maximum atomic E-state index is 10.2. The predicted octanol–water partition coefficient (Wildman–Crippen LogP) is -3.29. The molecule has 18 heteroatoms. The van der Waals surface area contributed by atoms with Crippen LogP contribution in [0.5, 0.6) is 0 Å². The Labute approximate surface area is 368 Å². The summed E-state index contributed by atoms with van der Waals surface area (Å²) < 4.78 is 8.27. The van der Waals surface area contributed by atoms with Crippen LogP contribution >= 0.6 is 37.6 Å². The standard InChI is InChI=1S/C8H6O2.2C7H8O3S.C6H8N2.2CH4.H3N.3Na.H2O.H2S.H2.H/c9-5-7-3-1-2-4-8(7)6-10;2*1-6-3-2-4-7(5-6)11-10-9-8;7-5-1-2-6(8)4-3-5;;;;;;;;;;/h1-6H;2*2-5,8H,1H3;1-4H,7-8H2;2*1H4;1H3;;;;2*1H2;1H;/q;;;;;;;3*+1;;;;-1/p-2. The van der Waals surface area contributed by atoms with Gasteiger partial charge in [-0.05, 0) is 73.5 Å². The molecule has 0 saturated heterocycles. The molecule has 4 rings (SSSR count). The van der Waals surface area contributed by atoms with Crippen LogP contribution in [0.2, 0.25) is 0 Å². The van der Waals surface area contributed by atoms with Gasteiger partial charge in [-0.2, -0.15) is 22.2 Å². The second-order valence-electron chi connectivity index (χ2n) is 7.60. The van der Waals surface area contributed by atoms with Crippen LogP contribution < -0.4 is 117 Å². The number of carbonyl (C=O) groups excluding carboxylic acids is 2. The molecule has 0 radical (unpaired) electrons. The molecule has 0 aromatic heterocycles. The molecule has 0 fully saturated rings. The van der Waals surface area contributed by atoms with Crippen LogP contribution in [0.15, 0.2) is 107 Å². The van der Waals surface area contributed by atoms with Gasteiger partial charge >= 0.3 is 88.7 Å². The molecule has 0 amide bonds. The van der Waals surface area contributed by atoms with E-state index in [9.17, 15) is 20.1 Å². The molecule has 0 saturated carbocycles. The summed E-state index contributed by atoms with van der Waals surface area (Å²) in [7, 11) is 0. The summed E-state index contributed by atoms with van der Waals surface area (Å²) in [6, 6.07) is 28.9. The second kappa shape index (κ2) is 42.7. The fraction of sp³-hybridized carbons (Fsp3) is 0.133. The Morgan fingerprint density at radius 1 is 0.646 bits per heavy atom. The molecule has 4 aromatic carbocycles. The predicted molar refractivity (Wildman–Crippen MR) is 187 cm³/mol. The van der Waals surface area contributed by atoms with Crippen molar-refractivity contribution < 1.29 is 136 Å². The van der Waals surface area contributed by atoms with E-state index in [0.717, 1.165) is 56.4 Å². The number of anilines is 2. The number of aldehydes is 2. The molecular weight excluding hydrogens is 712 g/mol. The van der Waals surface area contributed by atoms with E-state index in [1.807, 2.05) is 62.4 Å². The van der Waals surface area contributed by atoms with Crippen molar-refractivity contribution >= 4 is 61.5 Å². The van der Waals surface area contributed by atoms with E-state index in [1.165, 1.54) is 0 Å². The third-order valence-corrected chi connectivity index (χ3v) is 5.62. The number of nitrogen functional groups attached to an aromatic ring is 2. The molecule has 0 heterocycles. The minimum Gasteiger partial charge on any atom is -1.00 e. The SMILES string of the molecule is C.C.Cc1cccc(SOO[O-])c1.Cc1cccc(SOO[O-])c1.N.Nc1ccc(N)cc1.O.O=Cc1ccccc1C=O.S.[H-].[HH].[Na+].[Na+].[Na+]. The molecule has 0 aliphatic carbocycles. The third kappa shape index (κ3) is 32.7. The average Bonchev–Trinajstić information content (AvgIpc) is 2.97. The molecule has 0 spiro atoms. The smallest absolute Gasteiger partial charge is 1.00 e. The van der Waals surface area contributed by atoms with E-state index < -0.39 is 0 Å². The summed E-state index contributed by atoms with van der Waals surface area (Å²) in [6.45, 7) is 3.92. The van der Waals surface area contributed by atoms with Crippen LogP contribution in [0.25, 0.3) is 0 Å². The van der Waals surface area contributed by atoms with E-state index in [2.05, 4.69) is 18.7 Å². The van der Waals surface area contributed by atoms with Crippen molar-refractivity contribution in [1.82, 2.24) is 6.15 Å². The van der Waals surface area contributed by atoms with Gasteiger partial charge in [0.15, 0.2) is 12.6 Å². The molecule has 12 nitrogen and oxygen atoms in total. The summed E-state index contributed by atoms with van der Waals surface area (Å²) in [6.07, 6.45) is 1.34. The Kier molecular flexibility index (Phi) is 58.6. The summed E-state index contributed by atoms with van der Waals surface area (Å²) in [5.74, 6) is 0. The molecule has 9 N–H and O–H groups in total. The molecule has 4 aromatic rings. The molecular formula is C30H46N3Na3O9S3. The van der Waals surface area contributed by atoms with Crippen LogP contribution in [0.4, 0.5) is 11.4 Å². The van der Waals surface area contributed by atoms with Crippen LogP contribution in [-0.4, -0.2) is 18.0 Å². The van der Waals surface area contributed by atoms with Crippen LogP contribution in [0.3, 0.4) is 0 Å². The first-order chi connectivity index (χ1) is 19.3. The Balaban J connectivity index is -0.0000000502. The van der Waals surface area contributed by atoms with Crippen LogP contribution in [0.1, 0.15) is 49.5 Å². The fourth-order valence-corrected chi connectivity index (χ4v) is 3.61. The largest absolute Gasteiger partial charge is 1.00 e. The van der Waals surface area contributed by atoms with Crippen molar-refractivity contribution in [2.24, 2.45) is 0 Å². The van der Waals surface area contributed by atoms with Crippen molar-refractivity contribution in [2.75, 3.05) is 11.5 Å². The quantitative estimate of drug-likeness (QED) is 0.0400. The molecule has 0 aliphatic rings. The first-order valence-corrected chi connectivity index (χ1v) is 12.8. The molecule has 0 aliphatic heterocycles. The zero-order chi connectivity index (χ0) is 29.6. The first-order valence-electron chi connectivity index (χ1n) is 11.3. The van der Waals surface area contributed by atoms with Crippen LogP contribution in [-0.2, 0) is 18.7 Å². The van der Waals surface area contributed by atoms with Gasteiger partial charge in [-0.1, -0.05) is 63.4 Å². The average molecular weight is 758 g/mol. The Morgan fingerprint density at radius 3 is 1.21 bits per heavy atom. The van der Waals surface area contributed by atoms with Gasteiger partial charge in [0, 0.05) is 33.7 Å². The number of rotatable bonds is 8. The van der Waals surface area contributed by atoms with Gasteiger partial charge < -0.3 is 35.0 Å². The van der Waals surface area contributed by atoms with Crippen molar-refractivity contribution in [1.29, 1.82) is 0 Å². The molecule has 0 atom stereocenters.